The number of nitrogens with one attached hydrogen (secondary N) is 2. The lowest BCUT2D eigenvalue weighted by molar-refractivity contribution is -0.116. The van der Waals surface area contributed by atoms with Crippen LogP contribution in [0.15, 0.2) is 18.2 Å². The molecule has 3 rings (SSSR count). The fraction of sp³-hybridized carbons (Fsp3) is 0.562. The molecule has 2 aliphatic heterocycles. The first-order valence-corrected chi connectivity index (χ1v) is 8.58. The maximum atomic E-state index is 12.1. The number of anilines is 1. The number of likely N-dealkylation sites (tertiary alicyclic amines) is 1. The maximum absolute atomic E-state index is 12.1. The van der Waals surface area contributed by atoms with E-state index in [2.05, 4.69) is 15.5 Å². The van der Waals surface area contributed by atoms with Crippen LogP contribution in [0.5, 0.6) is 0 Å². The van der Waals surface area contributed by atoms with Crippen molar-refractivity contribution in [3.8, 4) is 0 Å². The summed E-state index contributed by atoms with van der Waals surface area (Å²) in [6, 6.07) is 5.77. The summed E-state index contributed by atoms with van der Waals surface area (Å²) in [7, 11) is 0. The van der Waals surface area contributed by atoms with Gasteiger partial charge in [-0.2, -0.15) is 0 Å². The summed E-state index contributed by atoms with van der Waals surface area (Å²) in [4.78, 5) is 14.5. The number of rotatable bonds is 4. The number of hydrogen-bond donors (Lipinski definition) is 2. The number of hydrogen-bond acceptors (Lipinski definition) is 3. The minimum absolute atomic E-state index is 0. The summed E-state index contributed by atoms with van der Waals surface area (Å²) >= 11 is 12.0. The molecule has 2 N–H and O–H groups in total. The van der Waals surface area contributed by atoms with Crippen LogP contribution in [0.25, 0.3) is 0 Å². The lowest BCUT2D eigenvalue weighted by Crippen LogP contribution is -2.45. The van der Waals surface area contributed by atoms with Crippen molar-refractivity contribution >= 4 is 47.2 Å². The Morgan fingerprint density at radius 2 is 2.17 bits per heavy atom. The standard InChI is InChI=1S/C16H21Cl2N3O.ClH/c17-12-1-2-13(18)15(9-12)20-16(22)5-8-21-7-4-14-11(10-21)3-6-19-14;/h1-2,9,11,14,19H,3-8,10H2,(H,20,22);1H. The van der Waals surface area contributed by atoms with Crippen LogP contribution in [0.4, 0.5) is 5.69 Å². The molecule has 2 heterocycles. The first-order chi connectivity index (χ1) is 10.6. The molecular weight excluding hydrogens is 357 g/mol. The molecule has 0 aromatic heterocycles. The largest absolute Gasteiger partial charge is 0.325 e. The lowest BCUT2D eigenvalue weighted by atomic mass is 9.93. The minimum Gasteiger partial charge on any atom is -0.325 e. The second-order valence-electron chi connectivity index (χ2n) is 6.12. The highest BCUT2D eigenvalue weighted by atomic mass is 35.5. The Morgan fingerprint density at radius 3 is 3.00 bits per heavy atom. The molecular formula is C16H22Cl3N3O. The fourth-order valence-corrected chi connectivity index (χ4v) is 3.73. The van der Waals surface area contributed by atoms with E-state index in [0.717, 1.165) is 32.1 Å². The quantitative estimate of drug-likeness (QED) is 0.843. The van der Waals surface area contributed by atoms with Gasteiger partial charge in [0.25, 0.3) is 0 Å². The van der Waals surface area contributed by atoms with Gasteiger partial charge in [-0.1, -0.05) is 23.2 Å². The van der Waals surface area contributed by atoms with Gasteiger partial charge >= 0.3 is 0 Å². The second kappa shape index (κ2) is 8.54. The van der Waals surface area contributed by atoms with Crippen molar-refractivity contribution in [3.05, 3.63) is 28.2 Å². The SMILES string of the molecule is Cl.O=C(CCN1CCC2NCCC2C1)Nc1cc(Cl)ccc1Cl. The van der Waals surface area contributed by atoms with E-state index in [1.807, 2.05) is 0 Å². The molecule has 1 amide bonds. The van der Waals surface area contributed by atoms with E-state index in [9.17, 15) is 4.79 Å². The number of piperidine rings is 1. The van der Waals surface area contributed by atoms with Crippen LogP contribution in [0, 0.1) is 5.92 Å². The Labute approximate surface area is 153 Å². The van der Waals surface area contributed by atoms with Gasteiger partial charge < -0.3 is 15.5 Å². The molecule has 2 saturated heterocycles. The fourth-order valence-electron chi connectivity index (χ4n) is 3.39. The first kappa shape index (κ1) is 18.8. The summed E-state index contributed by atoms with van der Waals surface area (Å²) in [5, 5.41) is 7.47. The normalized spacial score (nSPS) is 23.9. The minimum atomic E-state index is -0.0177. The molecule has 4 nitrogen and oxygen atoms in total. The third kappa shape index (κ3) is 4.97. The van der Waals surface area contributed by atoms with Gasteiger partial charge in [0.2, 0.25) is 5.91 Å². The number of carbonyl (C=O) groups is 1. The third-order valence-electron chi connectivity index (χ3n) is 4.60. The zero-order valence-corrected chi connectivity index (χ0v) is 15.2. The number of carbonyl (C=O) groups excluding carboxylic acids is 1. The van der Waals surface area contributed by atoms with Crippen LogP contribution in [-0.4, -0.2) is 43.0 Å². The summed E-state index contributed by atoms with van der Waals surface area (Å²) < 4.78 is 0. The number of nitrogens with zero attached hydrogens (tertiary/aromatic N) is 1. The van der Waals surface area contributed by atoms with Gasteiger partial charge in [0.05, 0.1) is 10.7 Å². The lowest BCUT2D eigenvalue weighted by Gasteiger charge is -2.34. The van der Waals surface area contributed by atoms with E-state index in [1.165, 1.54) is 12.8 Å². The van der Waals surface area contributed by atoms with E-state index < -0.39 is 0 Å². The molecule has 2 unspecified atom stereocenters. The highest BCUT2D eigenvalue weighted by Crippen LogP contribution is 2.26. The van der Waals surface area contributed by atoms with Gasteiger partial charge in [-0.25, -0.2) is 0 Å². The molecule has 1 aromatic carbocycles. The average Bonchev–Trinajstić information content (AvgIpc) is 2.96. The Kier molecular flexibility index (Phi) is 6.99. The number of benzene rings is 1. The Hall–Kier alpha value is -0.520. The van der Waals surface area contributed by atoms with E-state index >= 15 is 0 Å². The van der Waals surface area contributed by atoms with Crippen molar-refractivity contribution in [1.82, 2.24) is 10.2 Å². The third-order valence-corrected chi connectivity index (χ3v) is 5.16. The van der Waals surface area contributed by atoms with Crippen LogP contribution in [0.1, 0.15) is 19.3 Å². The summed E-state index contributed by atoms with van der Waals surface area (Å²) in [5.74, 6) is 0.732. The molecule has 0 saturated carbocycles. The number of fused-ring (bicyclic) bond motifs is 1. The van der Waals surface area contributed by atoms with Crippen molar-refractivity contribution < 1.29 is 4.79 Å². The Bertz CT molecular complexity index is 555. The van der Waals surface area contributed by atoms with Gasteiger partial charge in [-0.05, 0) is 50.0 Å². The van der Waals surface area contributed by atoms with Gasteiger partial charge in [-0.3, -0.25) is 4.79 Å². The number of halogens is 3. The van der Waals surface area contributed by atoms with Gasteiger partial charge in [0, 0.05) is 30.6 Å². The first-order valence-electron chi connectivity index (χ1n) is 7.82. The van der Waals surface area contributed by atoms with E-state index in [-0.39, 0.29) is 18.3 Å². The van der Waals surface area contributed by atoms with Crippen LogP contribution >= 0.6 is 35.6 Å². The van der Waals surface area contributed by atoms with Crippen molar-refractivity contribution in [3.63, 3.8) is 0 Å². The second-order valence-corrected chi connectivity index (χ2v) is 6.96. The zero-order chi connectivity index (χ0) is 15.5. The number of amides is 1. The zero-order valence-electron chi connectivity index (χ0n) is 12.9. The van der Waals surface area contributed by atoms with Gasteiger partial charge in [0.15, 0.2) is 0 Å². The highest BCUT2D eigenvalue weighted by Gasteiger charge is 2.32. The van der Waals surface area contributed by atoms with Crippen molar-refractivity contribution in [1.29, 1.82) is 0 Å². The van der Waals surface area contributed by atoms with Gasteiger partial charge in [-0.15, -0.1) is 12.4 Å². The molecule has 2 fully saturated rings. The Balaban J connectivity index is 0.00000192. The van der Waals surface area contributed by atoms with Crippen LogP contribution in [0.2, 0.25) is 10.0 Å². The molecule has 7 heteroatoms. The molecule has 0 radical (unpaired) electrons. The molecule has 2 aliphatic rings. The molecule has 128 valence electrons. The van der Waals surface area contributed by atoms with Crippen molar-refractivity contribution in [2.24, 2.45) is 5.92 Å². The van der Waals surface area contributed by atoms with Crippen LogP contribution < -0.4 is 10.6 Å². The predicted molar refractivity (Wildman–Crippen MR) is 97.9 cm³/mol. The smallest absolute Gasteiger partial charge is 0.225 e. The Morgan fingerprint density at radius 1 is 1.35 bits per heavy atom. The summed E-state index contributed by atoms with van der Waals surface area (Å²) in [6.45, 7) is 4.10. The molecule has 1 aromatic rings. The topological polar surface area (TPSA) is 44.4 Å². The molecule has 0 bridgehead atoms. The van der Waals surface area contributed by atoms with E-state index in [0.29, 0.717) is 28.2 Å². The summed E-state index contributed by atoms with van der Waals surface area (Å²) in [6.07, 6.45) is 2.92. The average molecular weight is 379 g/mol. The molecule has 2 atom stereocenters. The predicted octanol–water partition coefficient (Wildman–Crippen LogP) is 3.43. The van der Waals surface area contributed by atoms with E-state index in [4.69, 9.17) is 23.2 Å². The molecule has 0 aliphatic carbocycles. The monoisotopic (exact) mass is 377 g/mol. The molecule has 23 heavy (non-hydrogen) atoms. The maximum Gasteiger partial charge on any atom is 0.225 e. The van der Waals surface area contributed by atoms with E-state index in [1.54, 1.807) is 18.2 Å². The van der Waals surface area contributed by atoms with Gasteiger partial charge in [0.1, 0.15) is 0 Å². The summed E-state index contributed by atoms with van der Waals surface area (Å²) in [5.41, 5.74) is 0.581. The van der Waals surface area contributed by atoms with Crippen molar-refractivity contribution in [2.45, 2.75) is 25.3 Å². The van der Waals surface area contributed by atoms with Crippen LogP contribution in [-0.2, 0) is 4.79 Å². The highest BCUT2D eigenvalue weighted by molar-refractivity contribution is 6.35. The molecule has 0 spiro atoms. The van der Waals surface area contributed by atoms with Crippen LogP contribution in [0.3, 0.4) is 0 Å². The van der Waals surface area contributed by atoms with Crippen molar-refractivity contribution in [2.75, 3.05) is 31.5 Å².